The van der Waals surface area contributed by atoms with E-state index in [1.165, 1.54) is 5.01 Å². The Labute approximate surface area is 199 Å². The molecule has 34 heavy (non-hydrogen) atoms. The van der Waals surface area contributed by atoms with Gasteiger partial charge in [0.2, 0.25) is 0 Å². The number of phenols is 1. The Morgan fingerprint density at radius 3 is 2.56 bits per heavy atom. The molecule has 1 aromatic carbocycles. The third kappa shape index (κ3) is 5.33. The summed E-state index contributed by atoms with van der Waals surface area (Å²) in [5.41, 5.74) is 4.75. The minimum atomic E-state index is -2.08. The van der Waals surface area contributed by atoms with Crippen LogP contribution in [-0.4, -0.2) is 88.1 Å². The van der Waals surface area contributed by atoms with Crippen molar-refractivity contribution in [2.45, 2.75) is 44.6 Å². The highest BCUT2D eigenvalue weighted by Gasteiger charge is 2.38. The second kappa shape index (κ2) is 9.88. The molecule has 3 N–H and O–H groups in total. The zero-order valence-corrected chi connectivity index (χ0v) is 20.5. The summed E-state index contributed by atoms with van der Waals surface area (Å²) in [6.45, 7) is 4.89. The molecule has 1 amide bonds. The topological polar surface area (TPSA) is 135 Å². The number of hydrogen-bond acceptors (Lipinski definition) is 8. The third-order valence-electron chi connectivity index (χ3n) is 6.97. The van der Waals surface area contributed by atoms with Crippen molar-refractivity contribution in [3.05, 3.63) is 23.8 Å². The summed E-state index contributed by atoms with van der Waals surface area (Å²) < 4.78 is 12.3. The number of amides is 1. The molecule has 3 heterocycles. The molecule has 10 nitrogen and oxygen atoms in total. The second-order valence-corrected chi connectivity index (χ2v) is 13.1. The minimum Gasteiger partial charge on any atom is -0.505 e. The molecule has 0 radical (unpaired) electrons. The SMILES string of the molecule is CC1=NN(C2CCP(C)(=O)CC2)C(=O)/C1=N\Nc1cccc(C2CCN(CC(=O)O)CC2)c1O. The molecule has 0 spiro atoms. The Hall–Kier alpha value is -2.71. The van der Waals surface area contributed by atoms with E-state index in [0.717, 1.165) is 18.4 Å². The molecule has 1 aromatic rings. The number of hydrogen-bond donors (Lipinski definition) is 3. The lowest BCUT2D eigenvalue weighted by atomic mass is 9.88. The van der Waals surface area contributed by atoms with Gasteiger partial charge in [-0.25, -0.2) is 5.01 Å². The molecule has 184 valence electrons. The molecule has 2 saturated heterocycles. The first-order valence-electron chi connectivity index (χ1n) is 11.7. The number of aromatic hydroxyl groups is 1. The van der Waals surface area contributed by atoms with Crippen LogP contribution in [0.15, 0.2) is 28.4 Å². The van der Waals surface area contributed by atoms with Crippen LogP contribution in [0, 0.1) is 0 Å². The molecular formula is C23H32N5O5P. The molecule has 0 saturated carbocycles. The number of aliphatic carboxylic acids is 1. The van der Waals surface area contributed by atoms with Gasteiger partial charge in [-0.15, -0.1) is 0 Å². The number of nitrogens with zero attached hydrogens (tertiary/aromatic N) is 4. The van der Waals surface area contributed by atoms with Gasteiger partial charge in [0.1, 0.15) is 5.75 Å². The van der Waals surface area contributed by atoms with Gasteiger partial charge in [-0.05, 0) is 69.9 Å². The molecule has 4 rings (SSSR count). The molecule has 0 atom stereocenters. The van der Waals surface area contributed by atoms with Crippen LogP contribution in [0.5, 0.6) is 5.75 Å². The van der Waals surface area contributed by atoms with E-state index in [4.69, 9.17) is 5.11 Å². The Morgan fingerprint density at radius 1 is 1.24 bits per heavy atom. The molecular weight excluding hydrogens is 457 g/mol. The van der Waals surface area contributed by atoms with E-state index in [1.807, 2.05) is 23.7 Å². The molecule has 0 unspecified atom stereocenters. The average molecular weight is 490 g/mol. The third-order valence-corrected chi connectivity index (χ3v) is 9.38. The molecule has 0 aromatic heterocycles. The van der Waals surface area contributed by atoms with E-state index < -0.39 is 13.1 Å². The maximum Gasteiger partial charge on any atom is 0.317 e. The first-order valence-corrected chi connectivity index (χ1v) is 14.2. The zero-order valence-electron chi connectivity index (χ0n) is 19.6. The predicted octanol–water partition coefficient (Wildman–Crippen LogP) is 2.80. The van der Waals surface area contributed by atoms with E-state index in [1.54, 1.807) is 13.0 Å². The monoisotopic (exact) mass is 489 g/mol. The Balaban J connectivity index is 1.42. The fourth-order valence-corrected chi connectivity index (χ4v) is 6.84. The first-order chi connectivity index (χ1) is 16.1. The summed E-state index contributed by atoms with van der Waals surface area (Å²) in [6, 6.07) is 5.33. The highest BCUT2D eigenvalue weighted by Crippen LogP contribution is 2.47. The van der Waals surface area contributed by atoms with Crippen LogP contribution >= 0.6 is 7.14 Å². The van der Waals surface area contributed by atoms with Crippen LogP contribution in [0.2, 0.25) is 0 Å². The summed E-state index contributed by atoms with van der Waals surface area (Å²) in [5.74, 6) is -0.915. The van der Waals surface area contributed by atoms with Gasteiger partial charge < -0.3 is 14.8 Å². The minimum absolute atomic E-state index is 0.0301. The number of hydrazone groups is 2. The number of carbonyl (C=O) groups is 2. The van der Waals surface area contributed by atoms with Crippen LogP contribution in [-0.2, 0) is 14.2 Å². The quantitative estimate of drug-likeness (QED) is 0.318. The lowest BCUT2D eigenvalue weighted by molar-refractivity contribution is -0.138. The van der Waals surface area contributed by atoms with Crippen LogP contribution in [0.1, 0.15) is 44.1 Å². The number of carbonyl (C=O) groups excluding carboxylic acids is 1. The number of para-hydroxylation sites is 1. The maximum absolute atomic E-state index is 13.0. The van der Waals surface area contributed by atoms with E-state index in [2.05, 4.69) is 15.6 Å². The van der Waals surface area contributed by atoms with Crippen molar-refractivity contribution < 1.29 is 24.4 Å². The van der Waals surface area contributed by atoms with Gasteiger partial charge in [0.05, 0.1) is 31.1 Å². The van der Waals surface area contributed by atoms with Crippen LogP contribution in [0.3, 0.4) is 0 Å². The van der Waals surface area contributed by atoms with Crippen molar-refractivity contribution in [2.75, 3.05) is 44.0 Å². The van der Waals surface area contributed by atoms with Crippen LogP contribution < -0.4 is 5.43 Å². The maximum atomic E-state index is 13.0. The molecule has 2 fully saturated rings. The molecule has 3 aliphatic rings. The van der Waals surface area contributed by atoms with Gasteiger partial charge in [-0.2, -0.15) is 10.2 Å². The summed E-state index contributed by atoms with van der Waals surface area (Å²) in [5, 5.41) is 30.0. The number of rotatable bonds is 6. The average Bonchev–Trinajstić information content (AvgIpc) is 3.07. The van der Waals surface area contributed by atoms with Crippen LogP contribution in [0.4, 0.5) is 5.69 Å². The van der Waals surface area contributed by atoms with Crippen molar-refractivity contribution >= 4 is 36.1 Å². The van der Waals surface area contributed by atoms with Gasteiger partial charge in [0.15, 0.2) is 5.71 Å². The van der Waals surface area contributed by atoms with E-state index in [-0.39, 0.29) is 35.9 Å². The lowest BCUT2D eigenvalue weighted by Crippen LogP contribution is -2.39. The van der Waals surface area contributed by atoms with Crippen molar-refractivity contribution in [1.82, 2.24) is 9.91 Å². The zero-order chi connectivity index (χ0) is 24.5. The fraction of sp³-hybridized carbons (Fsp3) is 0.565. The molecule has 0 aliphatic carbocycles. The van der Waals surface area contributed by atoms with Crippen molar-refractivity contribution in [3.63, 3.8) is 0 Å². The first kappa shape index (κ1) is 24.4. The van der Waals surface area contributed by atoms with Crippen molar-refractivity contribution in [3.8, 4) is 5.75 Å². The Morgan fingerprint density at radius 2 is 1.91 bits per heavy atom. The largest absolute Gasteiger partial charge is 0.505 e. The highest BCUT2D eigenvalue weighted by molar-refractivity contribution is 7.63. The summed E-state index contributed by atoms with van der Waals surface area (Å²) >= 11 is 0. The van der Waals surface area contributed by atoms with Crippen molar-refractivity contribution in [1.29, 1.82) is 0 Å². The standard InChI is InChI=1S/C23H32N5O5P/c1-15-21(23(32)28(26-15)17-8-12-34(2,33)13-9-17)25-24-19-5-3-4-18(22(19)31)16-6-10-27(11-7-16)14-20(29)30/h3-5,16-17,24,31H,6-14H2,1-2H3,(H,29,30)/b25-21-. The number of phenolic OH excluding ortho intramolecular Hbond substituents is 1. The fourth-order valence-electron chi connectivity index (χ4n) is 4.93. The van der Waals surface area contributed by atoms with Gasteiger partial charge in [0.25, 0.3) is 5.91 Å². The summed E-state index contributed by atoms with van der Waals surface area (Å²) in [7, 11) is -2.08. The molecule has 11 heteroatoms. The van der Waals surface area contributed by atoms with Gasteiger partial charge in [-0.1, -0.05) is 12.1 Å². The van der Waals surface area contributed by atoms with E-state index in [9.17, 15) is 19.3 Å². The summed E-state index contributed by atoms with van der Waals surface area (Å²) in [4.78, 5) is 25.8. The van der Waals surface area contributed by atoms with E-state index >= 15 is 0 Å². The van der Waals surface area contributed by atoms with Gasteiger partial charge in [-0.3, -0.25) is 19.9 Å². The number of carboxylic acid groups (broad SMARTS) is 1. The number of likely N-dealkylation sites (tertiary alicyclic amines) is 1. The lowest BCUT2D eigenvalue weighted by Gasteiger charge is -2.31. The van der Waals surface area contributed by atoms with Crippen molar-refractivity contribution in [2.24, 2.45) is 10.2 Å². The number of piperidine rings is 1. The predicted molar refractivity (Wildman–Crippen MR) is 131 cm³/mol. The van der Waals surface area contributed by atoms with Gasteiger partial charge >= 0.3 is 5.97 Å². The Kier molecular flexibility index (Phi) is 7.09. The van der Waals surface area contributed by atoms with Crippen LogP contribution in [0.25, 0.3) is 0 Å². The molecule has 0 bridgehead atoms. The molecule has 3 aliphatic heterocycles. The van der Waals surface area contributed by atoms with E-state index in [0.29, 0.717) is 49.7 Å². The summed E-state index contributed by atoms with van der Waals surface area (Å²) in [6.07, 6.45) is 4.09. The number of carboxylic acids is 1. The smallest absolute Gasteiger partial charge is 0.317 e. The second-order valence-electron chi connectivity index (χ2n) is 9.57. The Bertz CT molecular complexity index is 1070. The highest BCUT2D eigenvalue weighted by atomic mass is 31.2. The number of anilines is 1. The normalized spacial score (nSPS) is 27.8. The number of benzene rings is 1. The van der Waals surface area contributed by atoms with Gasteiger partial charge in [0, 0.05) is 12.3 Å². The number of nitrogens with one attached hydrogen (secondary N) is 1.